The number of ether oxygens (including phenoxy) is 3. The highest BCUT2D eigenvalue weighted by Gasteiger charge is 2.36. The Labute approximate surface area is 276 Å². The third-order valence-corrected chi connectivity index (χ3v) is 8.23. The minimum absolute atomic E-state index is 0.135. The molecule has 1 N–H and O–H groups in total. The Morgan fingerprint density at radius 3 is 1.80 bits per heavy atom. The number of hydrogen-bond donors (Lipinski definition) is 1. The molecule has 1 aliphatic heterocycles. The van der Waals surface area contributed by atoms with Gasteiger partial charge in [0.05, 0.1) is 12.2 Å². The van der Waals surface area contributed by atoms with Crippen LogP contribution in [0.4, 0.5) is 0 Å². The van der Waals surface area contributed by atoms with Gasteiger partial charge in [-0.05, 0) is 50.9 Å². The van der Waals surface area contributed by atoms with Crippen LogP contribution in [0.15, 0.2) is 36.5 Å². The Morgan fingerprint density at radius 1 is 0.667 bits per heavy atom. The van der Waals surface area contributed by atoms with E-state index in [2.05, 4.69) is 57.2 Å². The molecule has 0 amide bonds. The van der Waals surface area contributed by atoms with Crippen molar-refractivity contribution in [1.29, 1.82) is 0 Å². The highest BCUT2D eigenvalue weighted by atomic mass is 16.6. The number of aliphatic hydroxyl groups is 1. The lowest BCUT2D eigenvalue weighted by molar-refractivity contribution is -0.152. The second-order valence-electron chi connectivity index (χ2n) is 13.2. The van der Waals surface area contributed by atoms with E-state index in [0.717, 1.165) is 50.9 Å². The maximum atomic E-state index is 11.9. The smallest absolute Gasteiger partial charge is 0.305 e. The van der Waals surface area contributed by atoms with Crippen molar-refractivity contribution in [1.82, 2.24) is 0 Å². The van der Waals surface area contributed by atoms with Gasteiger partial charge in [-0.2, -0.15) is 0 Å². The first-order valence-corrected chi connectivity index (χ1v) is 18.5. The summed E-state index contributed by atoms with van der Waals surface area (Å²) >= 11 is 0. The summed E-state index contributed by atoms with van der Waals surface area (Å²) in [4.78, 5) is 23.9. The zero-order valence-corrected chi connectivity index (χ0v) is 29.2. The van der Waals surface area contributed by atoms with Crippen molar-refractivity contribution in [3.63, 3.8) is 0 Å². The zero-order chi connectivity index (χ0) is 32.8. The lowest BCUT2D eigenvalue weighted by Crippen LogP contribution is -2.25. The molecule has 0 aliphatic carbocycles. The van der Waals surface area contributed by atoms with E-state index in [1.54, 1.807) is 0 Å². The average Bonchev–Trinajstić information content (AvgIpc) is 3.77. The molecule has 6 nitrogen and oxygen atoms in total. The summed E-state index contributed by atoms with van der Waals surface area (Å²) in [5.41, 5.74) is 0. The molecule has 1 rings (SSSR count). The van der Waals surface area contributed by atoms with Gasteiger partial charge in [0, 0.05) is 12.8 Å². The van der Waals surface area contributed by atoms with Crippen LogP contribution in [0.3, 0.4) is 0 Å². The standard InChI is InChI=1S/C39H68O6/c1-4-5-22-28-36-37(45-36)29-24-19-15-11-7-9-13-17-21-26-31-39(42)44-33-35(40)32-43-38(41)30-25-20-16-12-8-6-10-14-18-23-27-34(2)3/h7,11,13,17,19,24,34-37,40H,4-6,8-10,12,14-16,18,20-23,25-33H2,1-3H3/b11-7-,17-13-,24-19-/t35-,36?,37?/m0/s1. The molecule has 0 aromatic heterocycles. The monoisotopic (exact) mass is 633 g/mol. The predicted molar refractivity (Wildman–Crippen MR) is 186 cm³/mol. The van der Waals surface area contributed by atoms with E-state index in [9.17, 15) is 14.7 Å². The number of epoxide rings is 1. The molecule has 1 aliphatic rings. The van der Waals surface area contributed by atoms with E-state index in [1.807, 2.05) is 0 Å². The van der Waals surface area contributed by atoms with Gasteiger partial charge in [-0.3, -0.25) is 9.59 Å². The van der Waals surface area contributed by atoms with Crippen LogP contribution >= 0.6 is 0 Å². The molecule has 0 bridgehead atoms. The molecule has 260 valence electrons. The lowest BCUT2D eigenvalue weighted by Gasteiger charge is -2.12. The van der Waals surface area contributed by atoms with Gasteiger partial charge >= 0.3 is 11.9 Å². The number of carbonyl (C=O) groups is 2. The van der Waals surface area contributed by atoms with Crippen molar-refractivity contribution in [2.24, 2.45) is 5.92 Å². The van der Waals surface area contributed by atoms with Crippen molar-refractivity contribution in [2.75, 3.05) is 13.2 Å². The summed E-state index contributed by atoms with van der Waals surface area (Å²) < 4.78 is 16.0. The fourth-order valence-electron chi connectivity index (χ4n) is 5.30. The van der Waals surface area contributed by atoms with Crippen LogP contribution < -0.4 is 0 Å². The second kappa shape index (κ2) is 29.5. The Hall–Kier alpha value is -1.92. The average molecular weight is 633 g/mol. The van der Waals surface area contributed by atoms with E-state index in [0.29, 0.717) is 31.5 Å². The highest BCUT2D eigenvalue weighted by Crippen LogP contribution is 2.30. The lowest BCUT2D eigenvalue weighted by atomic mass is 10.0. The Balaban J connectivity index is 1.87. The van der Waals surface area contributed by atoms with Crippen molar-refractivity contribution in [2.45, 2.75) is 180 Å². The van der Waals surface area contributed by atoms with E-state index < -0.39 is 6.10 Å². The summed E-state index contributed by atoms with van der Waals surface area (Å²) in [6, 6.07) is 0. The van der Waals surface area contributed by atoms with Crippen molar-refractivity contribution in [3.05, 3.63) is 36.5 Å². The molecule has 0 saturated carbocycles. The molecule has 1 heterocycles. The highest BCUT2D eigenvalue weighted by molar-refractivity contribution is 5.69. The molecule has 0 radical (unpaired) electrons. The number of rotatable bonds is 31. The quantitative estimate of drug-likeness (QED) is 0.0354. The Morgan fingerprint density at radius 2 is 1.20 bits per heavy atom. The fourth-order valence-corrected chi connectivity index (χ4v) is 5.30. The number of allylic oxidation sites excluding steroid dienone is 5. The number of esters is 2. The minimum Gasteiger partial charge on any atom is -0.463 e. The van der Waals surface area contributed by atoms with Crippen LogP contribution in [0.2, 0.25) is 0 Å². The summed E-state index contributed by atoms with van der Waals surface area (Å²) in [5.74, 6) is 0.189. The van der Waals surface area contributed by atoms with Gasteiger partial charge in [-0.25, -0.2) is 0 Å². The number of unbranched alkanes of at least 4 members (excludes halogenated alkanes) is 12. The predicted octanol–water partition coefficient (Wildman–Crippen LogP) is 10.1. The maximum Gasteiger partial charge on any atom is 0.305 e. The first-order chi connectivity index (χ1) is 21.9. The van der Waals surface area contributed by atoms with Gasteiger partial charge in [-0.1, -0.05) is 141 Å². The van der Waals surface area contributed by atoms with Crippen molar-refractivity contribution >= 4 is 11.9 Å². The third kappa shape index (κ3) is 28.1. The van der Waals surface area contributed by atoms with Crippen molar-refractivity contribution < 1.29 is 28.9 Å². The molecular weight excluding hydrogens is 564 g/mol. The summed E-state index contributed by atoms with van der Waals surface area (Å²) in [6.07, 6.45) is 36.6. The summed E-state index contributed by atoms with van der Waals surface area (Å²) in [5, 5.41) is 9.98. The first-order valence-electron chi connectivity index (χ1n) is 18.5. The fraction of sp³-hybridized carbons (Fsp3) is 0.795. The molecule has 0 aromatic rings. The molecule has 2 unspecified atom stereocenters. The zero-order valence-electron chi connectivity index (χ0n) is 29.2. The van der Waals surface area contributed by atoms with Crippen LogP contribution in [0.1, 0.15) is 162 Å². The summed E-state index contributed by atoms with van der Waals surface area (Å²) in [6.45, 7) is 6.54. The normalized spacial score (nSPS) is 17.2. The first kappa shape index (κ1) is 41.1. The van der Waals surface area contributed by atoms with Crippen LogP contribution in [-0.4, -0.2) is 48.6 Å². The van der Waals surface area contributed by atoms with Gasteiger partial charge in [0.25, 0.3) is 0 Å². The van der Waals surface area contributed by atoms with Crippen LogP contribution in [0, 0.1) is 5.92 Å². The van der Waals surface area contributed by atoms with Gasteiger partial charge in [0.15, 0.2) is 0 Å². The summed E-state index contributed by atoms with van der Waals surface area (Å²) in [7, 11) is 0. The molecule has 0 spiro atoms. The SMILES string of the molecule is CCCCCC1OC1C/C=C\C/C=C\C/C=C\CCCC(=O)OC[C@@H](O)COC(=O)CCCCCCCCCCCCC(C)C. The van der Waals surface area contributed by atoms with Crippen molar-refractivity contribution in [3.8, 4) is 0 Å². The van der Waals surface area contributed by atoms with Gasteiger partial charge in [-0.15, -0.1) is 0 Å². The van der Waals surface area contributed by atoms with E-state index in [4.69, 9.17) is 14.2 Å². The van der Waals surface area contributed by atoms with Gasteiger partial charge in [0.1, 0.15) is 19.3 Å². The Bertz CT molecular complexity index is 801. The number of aliphatic hydroxyl groups excluding tert-OH is 1. The van der Waals surface area contributed by atoms with Crippen LogP contribution in [-0.2, 0) is 23.8 Å². The largest absolute Gasteiger partial charge is 0.463 e. The minimum atomic E-state index is -0.987. The molecule has 1 saturated heterocycles. The molecule has 45 heavy (non-hydrogen) atoms. The molecule has 0 aromatic carbocycles. The number of hydrogen-bond acceptors (Lipinski definition) is 6. The maximum absolute atomic E-state index is 11.9. The van der Waals surface area contributed by atoms with Gasteiger partial charge < -0.3 is 19.3 Å². The Kier molecular flexibility index (Phi) is 26.9. The van der Waals surface area contributed by atoms with Gasteiger partial charge in [0.2, 0.25) is 0 Å². The molecular formula is C39H68O6. The topological polar surface area (TPSA) is 85.4 Å². The number of carbonyl (C=O) groups excluding carboxylic acids is 2. The van der Waals surface area contributed by atoms with E-state index >= 15 is 0 Å². The molecule has 1 fully saturated rings. The molecule has 3 atom stereocenters. The van der Waals surface area contributed by atoms with Crippen LogP contribution in [0.25, 0.3) is 0 Å². The van der Waals surface area contributed by atoms with E-state index in [1.165, 1.54) is 77.0 Å². The third-order valence-electron chi connectivity index (χ3n) is 8.23. The van der Waals surface area contributed by atoms with E-state index in [-0.39, 0.29) is 25.2 Å². The van der Waals surface area contributed by atoms with Crippen LogP contribution in [0.5, 0.6) is 0 Å². The molecule has 6 heteroatoms. The second-order valence-corrected chi connectivity index (χ2v) is 13.2.